The quantitative estimate of drug-likeness (QED) is 0.628. The van der Waals surface area contributed by atoms with Crippen LogP contribution in [0.2, 0.25) is 0 Å². The molecular weight excluding hydrogens is 262 g/mol. The van der Waals surface area contributed by atoms with Crippen molar-refractivity contribution in [1.82, 2.24) is 5.32 Å². The van der Waals surface area contributed by atoms with Gasteiger partial charge in [-0.3, -0.25) is 0 Å². The number of rotatable bonds is 11. The maximum Gasteiger partial charge on any atom is 0.119 e. The summed E-state index contributed by atoms with van der Waals surface area (Å²) >= 11 is 0. The number of aryl methyl sites for hydroxylation is 1. The Morgan fingerprint density at radius 2 is 1.81 bits per heavy atom. The van der Waals surface area contributed by atoms with Crippen LogP contribution in [0.25, 0.3) is 0 Å². The van der Waals surface area contributed by atoms with Gasteiger partial charge in [-0.05, 0) is 42.5 Å². The first-order valence-electron chi connectivity index (χ1n) is 8.16. The number of nitrogens with one attached hydrogen (secondary N) is 1. The Labute approximate surface area is 130 Å². The molecule has 0 heterocycles. The second-order valence-corrected chi connectivity index (χ2v) is 5.80. The van der Waals surface area contributed by atoms with Gasteiger partial charge in [-0.25, -0.2) is 0 Å². The fourth-order valence-corrected chi connectivity index (χ4v) is 2.05. The van der Waals surface area contributed by atoms with Gasteiger partial charge in [0, 0.05) is 19.7 Å². The number of hydrogen-bond donors (Lipinski definition) is 1. The van der Waals surface area contributed by atoms with Crippen molar-refractivity contribution in [3.8, 4) is 5.75 Å². The molecule has 21 heavy (non-hydrogen) atoms. The summed E-state index contributed by atoms with van der Waals surface area (Å²) in [6.07, 6.45) is 2.34. The molecule has 0 saturated heterocycles. The molecule has 0 aromatic heterocycles. The molecule has 0 aliphatic carbocycles. The predicted octanol–water partition coefficient (Wildman–Crippen LogP) is 3.90. The van der Waals surface area contributed by atoms with Gasteiger partial charge in [-0.15, -0.1) is 0 Å². The van der Waals surface area contributed by atoms with Crippen LogP contribution in [0.3, 0.4) is 0 Å². The Hall–Kier alpha value is -1.06. The molecule has 120 valence electrons. The minimum Gasteiger partial charge on any atom is -0.492 e. The van der Waals surface area contributed by atoms with Gasteiger partial charge in [0.2, 0.25) is 0 Å². The summed E-state index contributed by atoms with van der Waals surface area (Å²) in [5.41, 5.74) is 2.59. The Morgan fingerprint density at radius 1 is 1.05 bits per heavy atom. The van der Waals surface area contributed by atoms with E-state index in [0.717, 1.165) is 38.5 Å². The molecule has 1 aromatic rings. The number of benzene rings is 1. The maximum absolute atomic E-state index is 5.82. The van der Waals surface area contributed by atoms with E-state index in [1.807, 2.05) is 0 Å². The van der Waals surface area contributed by atoms with Gasteiger partial charge in [-0.2, -0.15) is 0 Å². The lowest BCUT2D eigenvalue weighted by Crippen LogP contribution is -2.25. The molecule has 0 unspecified atom stereocenters. The van der Waals surface area contributed by atoms with Crippen molar-refractivity contribution >= 4 is 0 Å². The van der Waals surface area contributed by atoms with Crippen molar-refractivity contribution < 1.29 is 9.47 Å². The van der Waals surface area contributed by atoms with Crippen molar-refractivity contribution in [3.05, 3.63) is 29.3 Å². The zero-order chi connectivity index (χ0) is 15.5. The third kappa shape index (κ3) is 8.08. The van der Waals surface area contributed by atoms with Gasteiger partial charge in [0.05, 0.1) is 6.61 Å². The fraction of sp³-hybridized carbons (Fsp3) is 0.667. The van der Waals surface area contributed by atoms with Crippen LogP contribution in [0, 0.1) is 6.92 Å². The first-order valence-corrected chi connectivity index (χ1v) is 8.16. The summed E-state index contributed by atoms with van der Waals surface area (Å²) in [6, 6.07) is 6.47. The molecule has 3 nitrogen and oxygen atoms in total. The van der Waals surface area contributed by atoms with Crippen LogP contribution in [0.5, 0.6) is 5.75 Å². The van der Waals surface area contributed by atoms with Crippen LogP contribution in [-0.4, -0.2) is 32.9 Å². The average Bonchev–Trinajstić information content (AvgIpc) is 2.45. The zero-order valence-corrected chi connectivity index (χ0v) is 14.1. The van der Waals surface area contributed by atoms with Gasteiger partial charge in [0.1, 0.15) is 12.4 Å². The van der Waals surface area contributed by atoms with E-state index < -0.39 is 0 Å². The molecule has 0 saturated carbocycles. The van der Waals surface area contributed by atoms with Crippen LogP contribution in [-0.2, 0) is 4.74 Å². The van der Waals surface area contributed by atoms with Gasteiger partial charge in [-0.1, -0.05) is 33.3 Å². The summed E-state index contributed by atoms with van der Waals surface area (Å²) in [4.78, 5) is 0. The summed E-state index contributed by atoms with van der Waals surface area (Å²) < 4.78 is 11.3. The molecular formula is C18H31NO2. The largest absolute Gasteiger partial charge is 0.492 e. The molecule has 0 radical (unpaired) electrons. The summed E-state index contributed by atoms with van der Waals surface area (Å²) in [6.45, 7) is 12.8. The number of ether oxygens (including phenoxy) is 2. The van der Waals surface area contributed by atoms with Crippen molar-refractivity contribution in [2.75, 3.05) is 32.9 Å². The molecule has 0 aliphatic heterocycles. The second-order valence-electron chi connectivity index (χ2n) is 5.80. The molecule has 1 rings (SSSR count). The lowest BCUT2D eigenvalue weighted by molar-refractivity contribution is 0.132. The molecule has 0 spiro atoms. The zero-order valence-electron chi connectivity index (χ0n) is 14.1. The third-order valence-corrected chi connectivity index (χ3v) is 3.35. The molecule has 0 atom stereocenters. The number of unbranched alkanes of at least 4 members (excludes halogenated alkanes) is 1. The van der Waals surface area contributed by atoms with E-state index in [-0.39, 0.29) is 0 Å². The lowest BCUT2D eigenvalue weighted by atomic mass is 10.0. The maximum atomic E-state index is 5.82. The highest BCUT2D eigenvalue weighted by Crippen LogP contribution is 2.22. The van der Waals surface area contributed by atoms with E-state index in [1.54, 1.807) is 0 Å². The molecule has 0 fully saturated rings. The molecule has 0 aliphatic rings. The Kier molecular flexibility index (Phi) is 9.11. The smallest absolute Gasteiger partial charge is 0.119 e. The van der Waals surface area contributed by atoms with Crippen molar-refractivity contribution in [2.24, 2.45) is 0 Å². The molecule has 1 aromatic carbocycles. The summed E-state index contributed by atoms with van der Waals surface area (Å²) in [7, 11) is 0. The highest BCUT2D eigenvalue weighted by Gasteiger charge is 2.03. The van der Waals surface area contributed by atoms with Crippen molar-refractivity contribution in [1.29, 1.82) is 0 Å². The van der Waals surface area contributed by atoms with Gasteiger partial charge >= 0.3 is 0 Å². The Bertz CT molecular complexity index is 391. The Morgan fingerprint density at radius 3 is 2.52 bits per heavy atom. The van der Waals surface area contributed by atoms with E-state index in [1.165, 1.54) is 17.5 Å². The van der Waals surface area contributed by atoms with Crippen LogP contribution < -0.4 is 10.1 Å². The van der Waals surface area contributed by atoms with E-state index in [2.05, 4.69) is 51.2 Å². The standard InChI is InChI=1S/C18H31NO2/c1-5-6-9-20-10-7-19-8-11-21-18-13-16(4)12-17(14-18)15(2)3/h12-15,19H,5-11H2,1-4H3. The minimum absolute atomic E-state index is 0.533. The van der Waals surface area contributed by atoms with Crippen molar-refractivity contribution in [3.63, 3.8) is 0 Å². The van der Waals surface area contributed by atoms with Crippen LogP contribution in [0.4, 0.5) is 0 Å². The minimum atomic E-state index is 0.533. The monoisotopic (exact) mass is 293 g/mol. The SMILES string of the molecule is CCCCOCCNCCOc1cc(C)cc(C(C)C)c1. The highest BCUT2D eigenvalue weighted by molar-refractivity contribution is 5.35. The van der Waals surface area contributed by atoms with Crippen LogP contribution >= 0.6 is 0 Å². The lowest BCUT2D eigenvalue weighted by Gasteiger charge is -2.12. The summed E-state index contributed by atoms with van der Waals surface area (Å²) in [5, 5.41) is 3.33. The van der Waals surface area contributed by atoms with Gasteiger partial charge in [0.25, 0.3) is 0 Å². The average molecular weight is 293 g/mol. The normalized spacial score (nSPS) is 11.1. The topological polar surface area (TPSA) is 30.5 Å². The summed E-state index contributed by atoms with van der Waals surface area (Å²) in [5.74, 6) is 1.50. The van der Waals surface area contributed by atoms with Crippen LogP contribution in [0.15, 0.2) is 18.2 Å². The third-order valence-electron chi connectivity index (χ3n) is 3.35. The predicted molar refractivity (Wildman–Crippen MR) is 89.4 cm³/mol. The molecule has 0 amide bonds. The molecule has 3 heteroatoms. The van der Waals surface area contributed by atoms with E-state index in [4.69, 9.17) is 9.47 Å². The van der Waals surface area contributed by atoms with Gasteiger partial charge < -0.3 is 14.8 Å². The van der Waals surface area contributed by atoms with E-state index >= 15 is 0 Å². The highest BCUT2D eigenvalue weighted by atomic mass is 16.5. The molecule has 1 N–H and O–H groups in total. The van der Waals surface area contributed by atoms with Crippen LogP contribution in [0.1, 0.15) is 50.7 Å². The van der Waals surface area contributed by atoms with Crippen molar-refractivity contribution in [2.45, 2.75) is 46.5 Å². The van der Waals surface area contributed by atoms with Gasteiger partial charge in [0.15, 0.2) is 0 Å². The Balaban J connectivity index is 2.15. The van der Waals surface area contributed by atoms with E-state index in [0.29, 0.717) is 12.5 Å². The first kappa shape index (κ1) is 18.0. The first-order chi connectivity index (χ1) is 10.1. The second kappa shape index (κ2) is 10.6. The number of hydrogen-bond acceptors (Lipinski definition) is 3. The molecule has 0 bridgehead atoms. The van der Waals surface area contributed by atoms with E-state index in [9.17, 15) is 0 Å². The fourth-order valence-electron chi connectivity index (χ4n) is 2.05.